The van der Waals surface area contributed by atoms with Gasteiger partial charge in [0.25, 0.3) is 0 Å². The maximum atomic E-state index is 12.9. The third-order valence-electron chi connectivity index (χ3n) is 1.68. The zero-order valence-electron chi connectivity index (χ0n) is 8.17. The summed E-state index contributed by atoms with van der Waals surface area (Å²) in [5, 5.41) is 0. The molecule has 0 atom stereocenters. The van der Waals surface area contributed by atoms with Gasteiger partial charge in [0.05, 0.1) is 7.11 Å². The zero-order chi connectivity index (χ0) is 9.84. The van der Waals surface area contributed by atoms with Crippen LogP contribution in [0.1, 0.15) is 19.4 Å². The first-order valence-corrected chi connectivity index (χ1v) is 4.32. The maximum absolute atomic E-state index is 12.9. The van der Waals surface area contributed by atoms with E-state index in [0.717, 1.165) is 12.0 Å². The van der Waals surface area contributed by atoms with Gasteiger partial charge < -0.3 is 4.74 Å². The Hall–Kier alpha value is -1.12. The van der Waals surface area contributed by atoms with Crippen molar-refractivity contribution in [3.8, 4) is 5.88 Å². The van der Waals surface area contributed by atoms with Crippen LogP contribution in [-0.4, -0.2) is 12.1 Å². The summed E-state index contributed by atoms with van der Waals surface area (Å²) in [6.45, 7) is 4.18. The van der Waals surface area contributed by atoms with E-state index >= 15 is 0 Å². The Balaban J connectivity index is 2.88. The first-order valence-electron chi connectivity index (χ1n) is 4.32. The number of hydrogen-bond donors (Lipinski definition) is 0. The van der Waals surface area contributed by atoms with Crippen LogP contribution >= 0.6 is 0 Å². The van der Waals surface area contributed by atoms with Gasteiger partial charge >= 0.3 is 0 Å². The second kappa shape index (κ2) is 4.21. The standard InChI is InChI=1S/C10H14FNO/c1-7(2)4-8-5-9(11)12-10(6-8)13-3/h5-7H,4H2,1-3H3. The van der Waals surface area contributed by atoms with Crippen molar-refractivity contribution in [1.29, 1.82) is 0 Å². The van der Waals surface area contributed by atoms with Crippen molar-refractivity contribution < 1.29 is 9.13 Å². The summed E-state index contributed by atoms with van der Waals surface area (Å²) in [6, 6.07) is 3.21. The van der Waals surface area contributed by atoms with E-state index in [-0.39, 0.29) is 0 Å². The molecule has 3 heteroatoms. The molecule has 72 valence electrons. The lowest BCUT2D eigenvalue weighted by atomic mass is 10.0. The number of pyridine rings is 1. The SMILES string of the molecule is COc1cc(CC(C)C)cc(F)n1. The van der Waals surface area contributed by atoms with E-state index in [4.69, 9.17) is 4.74 Å². The Labute approximate surface area is 77.8 Å². The summed E-state index contributed by atoms with van der Waals surface area (Å²) in [4.78, 5) is 3.57. The topological polar surface area (TPSA) is 22.1 Å². The predicted octanol–water partition coefficient (Wildman–Crippen LogP) is 2.43. The van der Waals surface area contributed by atoms with Crippen LogP contribution in [0.25, 0.3) is 0 Å². The molecule has 0 amide bonds. The number of rotatable bonds is 3. The number of hydrogen-bond acceptors (Lipinski definition) is 2. The Morgan fingerprint density at radius 2 is 2.15 bits per heavy atom. The van der Waals surface area contributed by atoms with Gasteiger partial charge in [0.15, 0.2) is 0 Å². The summed E-state index contributed by atoms with van der Waals surface area (Å²) >= 11 is 0. The van der Waals surface area contributed by atoms with Crippen molar-refractivity contribution in [2.75, 3.05) is 7.11 Å². The van der Waals surface area contributed by atoms with Crippen LogP contribution < -0.4 is 4.74 Å². The molecule has 13 heavy (non-hydrogen) atoms. The molecule has 0 radical (unpaired) electrons. The predicted molar refractivity (Wildman–Crippen MR) is 49.3 cm³/mol. The number of ether oxygens (including phenoxy) is 1. The second-order valence-electron chi connectivity index (χ2n) is 3.44. The zero-order valence-corrected chi connectivity index (χ0v) is 8.17. The smallest absolute Gasteiger partial charge is 0.216 e. The largest absolute Gasteiger partial charge is 0.481 e. The molecule has 2 nitrogen and oxygen atoms in total. The van der Waals surface area contributed by atoms with Crippen molar-refractivity contribution in [3.63, 3.8) is 0 Å². The highest BCUT2D eigenvalue weighted by Crippen LogP contribution is 2.14. The van der Waals surface area contributed by atoms with Crippen LogP contribution in [0.5, 0.6) is 5.88 Å². The van der Waals surface area contributed by atoms with E-state index in [0.29, 0.717) is 11.8 Å². The van der Waals surface area contributed by atoms with E-state index in [9.17, 15) is 4.39 Å². The maximum Gasteiger partial charge on any atom is 0.216 e. The van der Waals surface area contributed by atoms with Crippen molar-refractivity contribution in [1.82, 2.24) is 4.98 Å². The summed E-state index contributed by atoms with van der Waals surface area (Å²) in [5.41, 5.74) is 0.930. The minimum absolute atomic E-state index is 0.343. The number of nitrogens with zero attached hydrogens (tertiary/aromatic N) is 1. The molecule has 0 saturated carbocycles. The van der Waals surface area contributed by atoms with Crippen molar-refractivity contribution in [3.05, 3.63) is 23.6 Å². The van der Waals surface area contributed by atoms with Crippen LogP contribution in [0, 0.1) is 11.9 Å². The number of halogens is 1. The summed E-state index contributed by atoms with van der Waals surface area (Å²) in [7, 11) is 1.49. The Morgan fingerprint density at radius 1 is 1.46 bits per heavy atom. The Bertz CT molecular complexity index is 286. The fourth-order valence-electron chi connectivity index (χ4n) is 1.22. The van der Waals surface area contributed by atoms with E-state index in [1.807, 2.05) is 0 Å². The molecule has 0 aromatic carbocycles. The summed E-state index contributed by atoms with van der Waals surface area (Å²) < 4.78 is 17.7. The molecule has 1 aromatic rings. The lowest BCUT2D eigenvalue weighted by molar-refractivity contribution is 0.386. The van der Waals surface area contributed by atoms with Gasteiger partial charge in [-0.2, -0.15) is 9.37 Å². The molecular weight excluding hydrogens is 169 g/mol. The van der Waals surface area contributed by atoms with Crippen molar-refractivity contribution >= 4 is 0 Å². The monoisotopic (exact) mass is 183 g/mol. The fraction of sp³-hybridized carbons (Fsp3) is 0.500. The van der Waals surface area contributed by atoms with Gasteiger partial charge in [-0.1, -0.05) is 13.8 Å². The fourth-order valence-corrected chi connectivity index (χ4v) is 1.22. The van der Waals surface area contributed by atoms with Crippen LogP contribution in [-0.2, 0) is 6.42 Å². The van der Waals surface area contributed by atoms with Gasteiger partial charge in [-0.25, -0.2) is 0 Å². The quantitative estimate of drug-likeness (QED) is 0.671. The summed E-state index contributed by atoms with van der Waals surface area (Å²) in [6.07, 6.45) is 0.843. The van der Waals surface area contributed by atoms with Crippen LogP contribution in [0.15, 0.2) is 12.1 Å². The average Bonchev–Trinajstić information content (AvgIpc) is 2.01. The van der Waals surface area contributed by atoms with Gasteiger partial charge in [0.1, 0.15) is 0 Å². The van der Waals surface area contributed by atoms with Crippen LogP contribution in [0.2, 0.25) is 0 Å². The van der Waals surface area contributed by atoms with Gasteiger partial charge in [0, 0.05) is 6.07 Å². The highest BCUT2D eigenvalue weighted by molar-refractivity contribution is 5.21. The number of aromatic nitrogens is 1. The third kappa shape index (κ3) is 3.01. The Kier molecular flexibility index (Phi) is 3.23. The molecule has 1 aromatic heterocycles. The molecule has 0 aliphatic heterocycles. The van der Waals surface area contributed by atoms with Crippen LogP contribution in [0.3, 0.4) is 0 Å². The highest BCUT2D eigenvalue weighted by Gasteiger charge is 2.03. The summed E-state index contributed by atoms with van der Waals surface area (Å²) in [5.74, 6) is 0.372. The normalized spacial score (nSPS) is 10.5. The van der Waals surface area contributed by atoms with Crippen molar-refractivity contribution in [2.45, 2.75) is 20.3 Å². The molecule has 0 N–H and O–H groups in total. The van der Waals surface area contributed by atoms with E-state index in [1.165, 1.54) is 13.2 Å². The molecule has 0 aliphatic rings. The molecule has 0 unspecified atom stereocenters. The number of methoxy groups -OCH3 is 1. The van der Waals surface area contributed by atoms with Gasteiger partial charge in [-0.05, 0) is 24.0 Å². The molecule has 0 aliphatic carbocycles. The molecule has 0 spiro atoms. The molecule has 0 saturated heterocycles. The molecule has 1 heterocycles. The highest BCUT2D eigenvalue weighted by atomic mass is 19.1. The minimum atomic E-state index is -0.477. The average molecular weight is 183 g/mol. The lowest BCUT2D eigenvalue weighted by Crippen LogP contribution is -1.98. The molecule has 1 rings (SSSR count). The Morgan fingerprint density at radius 3 is 2.69 bits per heavy atom. The first kappa shape index (κ1) is 9.96. The minimum Gasteiger partial charge on any atom is -0.481 e. The second-order valence-corrected chi connectivity index (χ2v) is 3.44. The first-order chi connectivity index (χ1) is 6.11. The molecule has 0 bridgehead atoms. The molecule has 0 fully saturated rings. The van der Waals surface area contributed by atoms with Gasteiger partial charge in [-0.3, -0.25) is 0 Å². The third-order valence-corrected chi connectivity index (χ3v) is 1.68. The van der Waals surface area contributed by atoms with E-state index < -0.39 is 5.95 Å². The lowest BCUT2D eigenvalue weighted by Gasteiger charge is -2.06. The van der Waals surface area contributed by atoms with Crippen LogP contribution in [0.4, 0.5) is 4.39 Å². The van der Waals surface area contributed by atoms with Crippen molar-refractivity contribution in [2.24, 2.45) is 5.92 Å². The van der Waals surface area contributed by atoms with Gasteiger partial charge in [-0.15, -0.1) is 0 Å². The van der Waals surface area contributed by atoms with E-state index in [1.54, 1.807) is 6.07 Å². The van der Waals surface area contributed by atoms with Gasteiger partial charge in [0.2, 0.25) is 11.8 Å². The molecular formula is C10H14FNO. The van der Waals surface area contributed by atoms with E-state index in [2.05, 4.69) is 18.8 Å².